The summed E-state index contributed by atoms with van der Waals surface area (Å²) in [6.07, 6.45) is 1.48. The van der Waals surface area contributed by atoms with E-state index in [1.807, 2.05) is 30.1 Å². The van der Waals surface area contributed by atoms with Crippen molar-refractivity contribution in [1.82, 2.24) is 5.32 Å². The maximum absolute atomic E-state index is 12.0. The number of nitrogens with zero attached hydrogens (tertiary/aromatic N) is 2. The Kier molecular flexibility index (Phi) is 4.59. The van der Waals surface area contributed by atoms with E-state index in [-0.39, 0.29) is 11.9 Å². The first kappa shape index (κ1) is 14.4. The zero-order valence-corrected chi connectivity index (χ0v) is 11.9. The number of benzene rings is 1. The van der Waals surface area contributed by atoms with Gasteiger partial charge in [0.25, 0.3) is 0 Å². The Bertz CT molecular complexity index is 535. The highest BCUT2D eigenvalue weighted by atomic mass is 16.2. The van der Waals surface area contributed by atoms with Crippen molar-refractivity contribution >= 4 is 17.3 Å². The molecule has 1 aliphatic rings. The number of carbonyl (C=O) groups is 1. The van der Waals surface area contributed by atoms with Crippen molar-refractivity contribution in [2.24, 2.45) is 0 Å². The Hall–Kier alpha value is -2.06. The van der Waals surface area contributed by atoms with Gasteiger partial charge in [-0.2, -0.15) is 5.26 Å². The van der Waals surface area contributed by atoms with Crippen molar-refractivity contribution in [2.75, 3.05) is 30.4 Å². The van der Waals surface area contributed by atoms with Gasteiger partial charge < -0.3 is 15.5 Å². The van der Waals surface area contributed by atoms with Crippen LogP contribution < -0.4 is 15.5 Å². The smallest absolute Gasteiger partial charge is 0.246 e. The van der Waals surface area contributed by atoms with Gasteiger partial charge in [0.2, 0.25) is 5.91 Å². The van der Waals surface area contributed by atoms with Crippen LogP contribution in [0.5, 0.6) is 0 Å². The molecule has 2 rings (SSSR count). The molecule has 1 amide bonds. The third kappa shape index (κ3) is 2.91. The minimum Gasteiger partial charge on any atom is -0.374 e. The molecular formula is C15H20N4O. The number of hydrogen-bond donors (Lipinski definition) is 2. The van der Waals surface area contributed by atoms with Crippen LogP contribution in [0, 0.1) is 11.3 Å². The second-order valence-corrected chi connectivity index (χ2v) is 4.98. The summed E-state index contributed by atoms with van der Waals surface area (Å²) in [5.74, 6) is 0.00489. The summed E-state index contributed by atoms with van der Waals surface area (Å²) in [5, 5.41) is 14.8. The molecule has 5 heteroatoms. The Morgan fingerprint density at radius 2 is 2.30 bits per heavy atom. The molecule has 0 fully saturated rings. The Balaban J connectivity index is 2.15. The molecular weight excluding hydrogens is 252 g/mol. The van der Waals surface area contributed by atoms with Gasteiger partial charge in [0.15, 0.2) is 0 Å². The molecule has 0 aliphatic carbocycles. The fourth-order valence-corrected chi connectivity index (χ4v) is 2.33. The molecule has 0 radical (unpaired) electrons. The van der Waals surface area contributed by atoms with Gasteiger partial charge in [-0.1, -0.05) is 13.0 Å². The normalized spacial score (nSPS) is 16.4. The van der Waals surface area contributed by atoms with Crippen LogP contribution in [-0.4, -0.2) is 26.0 Å². The van der Waals surface area contributed by atoms with Gasteiger partial charge in [-0.05, 0) is 25.1 Å². The van der Waals surface area contributed by atoms with E-state index < -0.39 is 0 Å². The molecule has 0 spiro atoms. The molecule has 0 bridgehead atoms. The van der Waals surface area contributed by atoms with Crippen LogP contribution in [0.25, 0.3) is 0 Å². The van der Waals surface area contributed by atoms with E-state index in [2.05, 4.69) is 23.6 Å². The number of hydrogen-bond acceptors (Lipinski definition) is 4. The largest absolute Gasteiger partial charge is 0.374 e. The zero-order chi connectivity index (χ0) is 14.5. The molecule has 1 aliphatic heterocycles. The lowest BCUT2D eigenvalue weighted by Gasteiger charge is -2.19. The Labute approximate surface area is 119 Å². The minimum absolute atomic E-state index is 0.00489. The van der Waals surface area contributed by atoms with Crippen LogP contribution in [0.15, 0.2) is 18.2 Å². The van der Waals surface area contributed by atoms with Gasteiger partial charge >= 0.3 is 0 Å². The van der Waals surface area contributed by atoms with Crippen molar-refractivity contribution in [3.63, 3.8) is 0 Å². The van der Waals surface area contributed by atoms with Crippen molar-refractivity contribution in [3.8, 4) is 6.07 Å². The van der Waals surface area contributed by atoms with Gasteiger partial charge in [-0.25, -0.2) is 0 Å². The predicted octanol–water partition coefficient (Wildman–Crippen LogP) is 2.03. The molecule has 106 valence electrons. The Morgan fingerprint density at radius 3 is 3.00 bits per heavy atom. The van der Waals surface area contributed by atoms with Crippen LogP contribution in [0.4, 0.5) is 11.4 Å². The van der Waals surface area contributed by atoms with Gasteiger partial charge in [0.05, 0.1) is 12.5 Å². The molecule has 1 unspecified atom stereocenters. The molecule has 0 aromatic heterocycles. The number of rotatable bonds is 6. The summed E-state index contributed by atoms with van der Waals surface area (Å²) in [7, 11) is 1.95. The van der Waals surface area contributed by atoms with Crippen molar-refractivity contribution in [2.45, 2.75) is 25.8 Å². The maximum atomic E-state index is 12.0. The number of amides is 1. The topological polar surface area (TPSA) is 68.2 Å². The first-order chi connectivity index (χ1) is 9.67. The average Bonchev–Trinajstić information content (AvgIpc) is 2.77. The first-order valence-corrected chi connectivity index (χ1v) is 6.93. The summed E-state index contributed by atoms with van der Waals surface area (Å²) in [6.45, 7) is 3.58. The zero-order valence-electron chi connectivity index (χ0n) is 11.9. The molecule has 1 aromatic carbocycles. The summed E-state index contributed by atoms with van der Waals surface area (Å²) < 4.78 is 0. The van der Waals surface area contributed by atoms with Crippen LogP contribution in [-0.2, 0) is 4.79 Å². The van der Waals surface area contributed by atoms with E-state index in [1.165, 1.54) is 0 Å². The summed E-state index contributed by atoms with van der Waals surface area (Å²) >= 11 is 0. The number of anilines is 2. The quantitative estimate of drug-likeness (QED) is 0.831. The number of fused-ring (bicyclic) bond motifs is 1. The van der Waals surface area contributed by atoms with Crippen LogP contribution >= 0.6 is 0 Å². The predicted molar refractivity (Wildman–Crippen MR) is 79.6 cm³/mol. The van der Waals surface area contributed by atoms with E-state index >= 15 is 0 Å². The van der Waals surface area contributed by atoms with Gasteiger partial charge in [0, 0.05) is 30.5 Å². The highest BCUT2D eigenvalue weighted by molar-refractivity contribution is 6.03. The van der Waals surface area contributed by atoms with E-state index in [0.717, 1.165) is 29.9 Å². The van der Waals surface area contributed by atoms with Gasteiger partial charge in [-0.15, -0.1) is 0 Å². The second kappa shape index (κ2) is 6.40. The van der Waals surface area contributed by atoms with E-state index in [4.69, 9.17) is 5.26 Å². The van der Waals surface area contributed by atoms with Gasteiger partial charge in [-0.3, -0.25) is 4.79 Å². The minimum atomic E-state index is -0.247. The van der Waals surface area contributed by atoms with Crippen molar-refractivity contribution < 1.29 is 4.79 Å². The molecule has 20 heavy (non-hydrogen) atoms. The van der Waals surface area contributed by atoms with Crippen LogP contribution in [0.2, 0.25) is 0 Å². The SMILES string of the molecule is CCCNC1C(=O)Nc2cc(N(C)CCC#N)ccc21. The summed E-state index contributed by atoms with van der Waals surface area (Å²) in [4.78, 5) is 14.0. The Morgan fingerprint density at radius 1 is 1.50 bits per heavy atom. The highest BCUT2D eigenvalue weighted by Gasteiger charge is 2.30. The average molecular weight is 272 g/mol. The monoisotopic (exact) mass is 272 g/mol. The van der Waals surface area contributed by atoms with Gasteiger partial charge in [0.1, 0.15) is 6.04 Å². The third-order valence-corrected chi connectivity index (χ3v) is 3.47. The summed E-state index contributed by atoms with van der Waals surface area (Å²) in [6, 6.07) is 7.84. The molecule has 5 nitrogen and oxygen atoms in total. The van der Waals surface area contributed by atoms with E-state index in [9.17, 15) is 4.79 Å². The summed E-state index contributed by atoms with van der Waals surface area (Å²) in [5.41, 5.74) is 2.88. The maximum Gasteiger partial charge on any atom is 0.246 e. The highest BCUT2D eigenvalue weighted by Crippen LogP contribution is 2.33. The fourth-order valence-electron chi connectivity index (χ4n) is 2.33. The standard InChI is InChI=1S/C15H20N4O/c1-3-8-17-14-12-6-5-11(19(2)9-4-7-16)10-13(12)18-15(14)20/h5-6,10,14,17H,3-4,8-9H2,1-2H3,(H,18,20). The molecule has 1 heterocycles. The first-order valence-electron chi connectivity index (χ1n) is 6.93. The fraction of sp³-hybridized carbons (Fsp3) is 0.467. The lowest BCUT2D eigenvalue weighted by molar-refractivity contribution is -0.117. The molecule has 1 atom stereocenters. The molecule has 1 aromatic rings. The molecule has 0 saturated carbocycles. The molecule has 0 saturated heterocycles. The van der Waals surface area contributed by atoms with E-state index in [1.54, 1.807) is 0 Å². The van der Waals surface area contributed by atoms with Crippen molar-refractivity contribution in [1.29, 1.82) is 5.26 Å². The number of nitrogens with one attached hydrogen (secondary N) is 2. The number of nitriles is 1. The lowest BCUT2D eigenvalue weighted by Crippen LogP contribution is -2.27. The van der Waals surface area contributed by atoms with Crippen molar-refractivity contribution in [3.05, 3.63) is 23.8 Å². The second-order valence-electron chi connectivity index (χ2n) is 4.98. The van der Waals surface area contributed by atoms with E-state index in [0.29, 0.717) is 13.0 Å². The van der Waals surface area contributed by atoms with Crippen LogP contribution in [0.1, 0.15) is 31.4 Å². The third-order valence-electron chi connectivity index (χ3n) is 3.47. The van der Waals surface area contributed by atoms with Crippen LogP contribution in [0.3, 0.4) is 0 Å². The lowest BCUT2D eigenvalue weighted by atomic mass is 10.1. The molecule has 2 N–H and O–H groups in total. The number of carbonyl (C=O) groups excluding carboxylic acids is 1.